The molecule has 0 aliphatic carbocycles. The van der Waals surface area contributed by atoms with Crippen molar-refractivity contribution in [1.82, 2.24) is 9.78 Å². The molecule has 1 aliphatic heterocycles. The van der Waals surface area contributed by atoms with Crippen LogP contribution in [0.25, 0.3) is 0 Å². The van der Waals surface area contributed by atoms with Crippen LogP contribution in [0.15, 0.2) is 0 Å². The van der Waals surface area contributed by atoms with Gasteiger partial charge >= 0.3 is 0 Å². The predicted octanol–water partition coefficient (Wildman–Crippen LogP) is 2.69. The first-order valence-corrected chi connectivity index (χ1v) is 7.58. The average molecular weight is 286 g/mol. The molecule has 2 unspecified atom stereocenters. The fourth-order valence-corrected chi connectivity index (χ4v) is 2.94. The Bertz CT molecular complexity index is 413. The largest absolute Gasteiger partial charge is 0.378 e. The molecule has 4 nitrogen and oxygen atoms in total. The molecule has 0 bridgehead atoms. The van der Waals surface area contributed by atoms with E-state index >= 15 is 0 Å². The van der Waals surface area contributed by atoms with E-state index < -0.39 is 0 Å². The summed E-state index contributed by atoms with van der Waals surface area (Å²) in [7, 11) is 0. The van der Waals surface area contributed by atoms with Crippen molar-refractivity contribution in [1.29, 1.82) is 0 Å². The number of hydrogen-bond acceptors (Lipinski definition) is 3. The summed E-state index contributed by atoms with van der Waals surface area (Å²) in [6.45, 7) is 5.72. The zero-order valence-electron chi connectivity index (χ0n) is 11.9. The van der Waals surface area contributed by atoms with E-state index in [0.717, 1.165) is 48.8 Å². The summed E-state index contributed by atoms with van der Waals surface area (Å²) < 4.78 is 7.70. The molecule has 2 heterocycles. The van der Waals surface area contributed by atoms with E-state index in [-0.39, 0.29) is 6.04 Å². The van der Waals surface area contributed by atoms with Crippen LogP contribution in [0.5, 0.6) is 0 Å². The lowest BCUT2D eigenvalue weighted by Gasteiger charge is -2.25. The number of aromatic nitrogens is 2. The lowest BCUT2D eigenvalue weighted by atomic mass is 9.99. The van der Waals surface area contributed by atoms with Gasteiger partial charge in [0.1, 0.15) is 0 Å². The standard InChI is InChI=1S/C14H24ClN3O/c1-3-18-13(14(15)10(2)17-18)9-11(16)8-12-6-4-5-7-19-12/h11-12H,3-9,16H2,1-2H3. The lowest BCUT2D eigenvalue weighted by molar-refractivity contribution is 0.00738. The third-order valence-electron chi connectivity index (χ3n) is 3.75. The third-order valence-corrected chi connectivity index (χ3v) is 4.24. The molecule has 5 heteroatoms. The van der Waals surface area contributed by atoms with Gasteiger partial charge in [-0.05, 0) is 39.5 Å². The van der Waals surface area contributed by atoms with Crippen molar-refractivity contribution in [3.05, 3.63) is 16.4 Å². The highest BCUT2D eigenvalue weighted by atomic mass is 35.5. The maximum Gasteiger partial charge on any atom is 0.0847 e. The molecular formula is C14H24ClN3O. The third kappa shape index (κ3) is 3.71. The van der Waals surface area contributed by atoms with Crippen LogP contribution in [-0.2, 0) is 17.7 Å². The number of nitrogens with zero attached hydrogens (tertiary/aromatic N) is 2. The topological polar surface area (TPSA) is 53.1 Å². The maximum absolute atomic E-state index is 6.31. The Morgan fingerprint density at radius 1 is 1.53 bits per heavy atom. The van der Waals surface area contributed by atoms with Crippen LogP contribution in [0.4, 0.5) is 0 Å². The van der Waals surface area contributed by atoms with Crippen molar-refractivity contribution in [3.8, 4) is 0 Å². The molecule has 0 radical (unpaired) electrons. The fourth-order valence-electron chi connectivity index (χ4n) is 2.73. The molecule has 0 amide bonds. The summed E-state index contributed by atoms with van der Waals surface area (Å²) in [5, 5.41) is 5.19. The van der Waals surface area contributed by atoms with Crippen LogP contribution in [0.3, 0.4) is 0 Å². The molecule has 0 spiro atoms. The highest BCUT2D eigenvalue weighted by molar-refractivity contribution is 6.31. The van der Waals surface area contributed by atoms with Crippen molar-refractivity contribution in [3.63, 3.8) is 0 Å². The van der Waals surface area contributed by atoms with Gasteiger partial charge in [-0.2, -0.15) is 5.10 Å². The van der Waals surface area contributed by atoms with Crippen LogP contribution in [0, 0.1) is 6.92 Å². The SMILES string of the molecule is CCn1nc(C)c(Cl)c1CC(N)CC1CCCCO1. The summed E-state index contributed by atoms with van der Waals surface area (Å²) >= 11 is 6.31. The molecule has 1 fully saturated rings. The summed E-state index contributed by atoms with van der Waals surface area (Å²) in [5.74, 6) is 0. The van der Waals surface area contributed by atoms with E-state index in [0.29, 0.717) is 6.10 Å². The molecule has 108 valence electrons. The molecular weight excluding hydrogens is 262 g/mol. The van der Waals surface area contributed by atoms with Crippen molar-refractivity contribution in [2.75, 3.05) is 6.61 Å². The summed E-state index contributed by atoms with van der Waals surface area (Å²) in [6, 6.07) is 0.0852. The van der Waals surface area contributed by atoms with Gasteiger partial charge in [-0.1, -0.05) is 11.6 Å². The summed E-state index contributed by atoms with van der Waals surface area (Å²) in [4.78, 5) is 0. The Hall–Kier alpha value is -0.580. The second kappa shape index (κ2) is 6.73. The molecule has 1 saturated heterocycles. The minimum Gasteiger partial charge on any atom is -0.378 e. The van der Waals surface area contributed by atoms with Gasteiger partial charge < -0.3 is 10.5 Å². The first kappa shape index (κ1) is 14.8. The van der Waals surface area contributed by atoms with Gasteiger partial charge in [0.15, 0.2) is 0 Å². The second-order valence-corrected chi connectivity index (χ2v) is 5.73. The highest BCUT2D eigenvalue weighted by Gasteiger charge is 2.20. The van der Waals surface area contributed by atoms with E-state index in [1.165, 1.54) is 12.8 Å². The number of halogens is 1. The Balaban J connectivity index is 1.96. The van der Waals surface area contributed by atoms with Crippen LogP contribution in [-0.4, -0.2) is 28.5 Å². The van der Waals surface area contributed by atoms with Gasteiger partial charge in [0, 0.05) is 25.6 Å². The minimum atomic E-state index is 0.0852. The van der Waals surface area contributed by atoms with E-state index in [2.05, 4.69) is 12.0 Å². The number of rotatable bonds is 5. The number of aryl methyl sites for hydroxylation is 2. The molecule has 1 aromatic heterocycles. The van der Waals surface area contributed by atoms with Gasteiger partial charge in [0.25, 0.3) is 0 Å². The predicted molar refractivity (Wildman–Crippen MR) is 77.5 cm³/mol. The number of hydrogen-bond donors (Lipinski definition) is 1. The Labute approximate surface area is 120 Å². The van der Waals surface area contributed by atoms with Gasteiger partial charge in [0.2, 0.25) is 0 Å². The first-order valence-electron chi connectivity index (χ1n) is 7.20. The molecule has 2 rings (SSSR count). The smallest absolute Gasteiger partial charge is 0.0847 e. The molecule has 1 aromatic rings. The molecule has 0 saturated carbocycles. The zero-order valence-corrected chi connectivity index (χ0v) is 12.6. The molecule has 2 N–H and O–H groups in total. The van der Waals surface area contributed by atoms with Gasteiger partial charge in [-0.15, -0.1) is 0 Å². The molecule has 19 heavy (non-hydrogen) atoms. The maximum atomic E-state index is 6.31. The lowest BCUT2D eigenvalue weighted by Crippen LogP contribution is -2.32. The van der Waals surface area contributed by atoms with Gasteiger partial charge in [0.05, 0.1) is 22.5 Å². The molecule has 0 aromatic carbocycles. The van der Waals surface area contributed by atoms with Crippen LogP contribution >= 0.6 is 11.6 Å². The normalized spacial score (nSPS) is 21.6. The van der Waals surface area contributed by atoms with Crippen LogP contribution in [0.2, 0.25) is 5.02 Å². The van der Waals surface area contributed by atoms with Crippen LogP contribution in [0.1, 0.15) is 44.0 Å². The van der Waals surface area contributed by atoms with Crippen molar-refractivity contribution >= 4 is 11.6 Å². The highest BCUT2D eigenvalue weighted by Crippen LogP contribution is 2.23. The van der Waals surface area contributed by atoms with Crippen molar-refractivity contribution in [2.45, 2.75) is 64.6 Å². The Morgan fingerprint density at radius 2 is 2.32 bits per heavy atom. The number of ether oxygens (including phenoxy) is 1. The Kier molecular flexibility index (Phi) is 5.25. The van der Waals surface area contributed by atoms with Gasteiger partial charge in [-0.25, -0.2) is 0 Å². The Morgan fingerprint density at radius 3 is 2.95 bits per heavy atom. The van der Waals surface area contributed by atoms with E-state index in [1.807, 2.05) is 11.6 Å². The van der Waals surface area contributed by atoms with Crippen molar-refractivity contribution in [2.24, 2.45) is 5.73 Å². The fraction of sp³-hybridized carbons (Fsp3) is 0.786. The first-order chi connectivity index (χ1) is 9.11. The van der Waals surface area contributed by atoms with Crippen molar-refractivity contribution < 1.29 is 4.74 Å². The summed E-state index contributed by atoms with van der Waals surface area (Å²) in [5.41, 5.74) is 8.21. The zero-order chi connectivity index (χ0) is 13.8. The monoisotopic (exact) mass is 285 g/mol. The van der Waals surface area contributed by atoms with Crippen LogP contribution < -0.4 is 5.73 Å². The minimum absolute atomic E-state index is 0.0852. The summed E-state index contributed by atoms with van der Waals surface area (Å²) in [6.07, 6.45) is 5.57. The quantitative estimate of drug-likeness (QED) is 0.905. The van der Waals surface area contributed by atoms with E-state index in [9.17, 15) is 0 Å². The molecule has 1 aliphatic rings. The van der Waals surface area contributed by atoms with E-state index in [4.69, 9.17) is 22.1 Å². The average Bonchev–Trinajstić information content (AvgIpc) is 2.67. The van der Waals surface area contributed by atoms with Gasteiger partial charge in [-0.3, -0.25) is 4.68 Å². The number of nitrogens with two attached hydrogens (primary N) is 1. The van der Waals surface area contributed by atoms with E-state index in [1.54, 1.807) is 0 Å². The molecule has 2 atom stereocenters. The second-order valence-electron chi connectivity index (χ2n) is 5.35.